The number of allylic oxidation sites excluding steroid dienone is 2. The van der Waals surface area contributed by atoms with E-state index in [1.165, 1.54) is 37.6 Å². The fourth-order valence-electron chi connectivity index (χ4n) is 4.52. The van der Waals surface area contributed by atoms with Crippen LogP contribution in [-0.2, 0) is 20.9 Å². The summed E-state index contributed by atoms with van der Waals surface area (Å²) in [7, 11) is 1.95. The number of nitrogens with zero attached hydrogens (tertiary/aromatic N) is 1. The van der Waals surface area contributed by atoms with Crippen LogP contribution in [0.3, 0.4) is 0 Å². The number of nitro groups is 1. The third-order valence-corrected chi connectivity index (χ3v) is 6.54. The topological polar surface area (TPSA) is 160 Å². The molecule has 1 aliphatic rings. The third-order valence-electron chi connectivity index (χ3n) is 6.54. The van der Waals surface area contributed by atoms with Crippen LogP contribution in [0.15, 0.2) is 71.1 Å². The molecule has 228 valence electrons. The highest BCUT2D eigenvalue weighted by molar-refractivity contribution is 5.98. The molecule has 1 aliphatic heterocycles. The minimum absolute atomic E-state index is 0.124. The number of unbranched alkanes of at least 4 members (excludes halogenated alkanes) is 2. The lowest BCUT2D eigenvalue weighted by molar-refractivity contribution is -0.384. The molecular formula is C31H41N3O8. The molecule has 0 aromatic heterocycles. The van der Waals surface area contributed by atoms with Gasteiger partial charge in [0.2, 0.25) is 0 Å². The van der Waals surface area contributed by atoms with Gasteiger partial charge in [-0.1, -0.05) is 43.7 Å². The second-order valence-corrected chi connectivity index (χ2v) is 9.76. The Balaban J connectivity index is 0.000000581. The number of hydrogen-bond donors (Lipinski definition) is 4. The molecule has 2 aromatic carbocycles. The normalized spacial score (nSPS) is 13.2. The summed E-state index contributed by atoms with van der Waals surface area (Å²) in [5, 5.41) is 36.9. The number of nitro benzene ring substituents is 1. The van der Waals surface area contributed by atoms with E-state index in [2.05, 4.69) is 29.7 Å². The standard InChI is InChI=1S/C23H30N2O8.C8H11N/c1-4-5-10-32-11-6-7-12-33-18-9-8-16(25(30)31)13-17(18)21-19(22(26)27)14(2)24-15(3)20(21)23(28)29;1-9-7-8-5-3-2-4-6-8/h8-9,13,21,24H,4-7,10-12H2,1-3H3,(H,26,27)(H,28,29);2-6,9H,7H2,1H3. The van der Waals surface area contributed by atoms with Crippen molar-refractivity contribution in [2.24, 2.45) is 0 Å². The van der Waals surface area contributed by atoms with E-state index < -0.39 is 22.8 Å². The van der Waals surface area contributed by atoms with Gasteiger partial charge in [0.1, 0.15) is 5.75 Å². The first-order valence-corrected chi connectivity index (χ1v) is 13.9. The van der Waals surface area contributed by atoms with Crippen molar-refractivity contribution in [3.63, 3.8) is 0 Å². The van der Waals surface area contributed by atoms with Gasteiger partial charge in [0.25, 0.3) is 5.69 Å². The molecule has 0 saturated heterocycles. The van der Waals surface area contributed by atoms with Gasteiger partial charge in [-0.15, -0.1) is 0 Å². The first-order valence-electron chi connectivity index (χ1n) is 13.9. The number of aliphatic carboxylic acids is 2. The molecule has 1 heterocycles. The average Bonchev–Trinajstić information content (AvgIpc) is 2.94. The second kappa shape index (κ2) is 17.6. The van der Waals surface area contributed by atoms with Crippen LogP contribution in [0.2, 0.25) is 0 Å². The Hall–Kier alpha value is -4.22. The summed E-state index contributed by atoms with van der Waals surface area (Å²) in [6.45, 7) is 7.64. The molecule has 0 atom stereocenters. The van der Waals surface area contributed by atoms with Crippen LogP contribution in [0, 0.1) is 10.1 Å². The van der Waals surface area contributed by atoms with Gasteiger partial charge in [0, 0.05) is 48.8 Å². The summed E-state index contributed by atoms with van der Waals surface area (Å²) < 4.78 is 11.4. The van der Waals surface area contributed by atoms with E-state index in [-0.39, 0.29) is 46.1 Å². The lowest BCUT2D eigenvalue weighted by Crippen LogP contribution is -2.31. The molecule has 0 fully saturated rings. The number of nitrogens with one attached hydrogen (secondary N) is 2. The van der Waals surface area contributed by atoms with E-state index in [0.717, 1.165) is 25.8 Å². The van der Waals surface area contributed by atoms with Crippen molar-refractivity contribution in [3.8, 4) is 5.75 Å². The molecule has 2 aromatic rings. The van der Waals surface area contributed by atoms with Crippen molar-refractivity contribution in [1.82, 2.24) is 10.6 Å². The van der Waals surface area contributed by atoms with Crippen LogP contribution < -0.4 is 15.4 Å². The van der Waals surface area contributed by atoms with E-state index >= 15 is 0 Å². The highest BCUT2D eigenvalue weighted by Crippen LogP contribution is 2.43. The van der Waals surface area contributed by atoms with E-state index in [0.29, 0.717) is 19.6 Å². The minimum Gasteiger partial charge on any atom is -0.493 e. The molecule has 0 spiro atoms. The number of dihydropyridines is 1. The number of rotatable bonds is 15. The molecule has 0 saturated carbocycles. The molecule has 0 aliphatic carbocycles. The monoisotopic (exact) mass is 583 g/mol. The fourth-order valence-corrected chi connectivity index (χ4v) is 4.52. The lowest BCUT2D eigenvalue weighted by atomic mass is 9.80. The molecule has 11 nitrogen and oxygen atoms in total. The highest BCUT2D eigenvalue weighted by atomic mass is 16.6. The lowest BCUT2D eigenvalue weighted by Gasteiger charge is -2.29. The van der Waals surface area contributed by atoms with Gasteiger partial charge in [0.15, 0.2) is 0 Å². The Morgan fingerprint density at radius 1 is 0.952 bits per heavy atom. The van der Waals surface area contributed by atoms with Crippen molar-refractivity contribution in [2.45, 2.75) is 58.9 Å². The number of benzene rings is 2. The Morgan fingerprint density at radius 3 is 2.10 bits per heavy atom. The molecule has 0 amide bonds. The van der Waals surface area contributed by atoms with Crippen LogP contribution in [0.1, 0.15) is 63.5 Å². The van der Waals surface area contributed by atoms with E-state index in [4.69, 9.17) is 9.47 Å². The second-order valence-electron chi connectivity index (χ2n) is 9.76. The number of ether oxygens (including phenoxy) is 2. The zero-order valence-corrected chi connectivity index (χ0v) is 24.6. The number of carbonyl (C=O) groups is 2. The van der Waals surface area contributed by atoms with Gasteiger partial charge in [-0.25, -0.2) is 9.59 Å². The molecule has 0 unspecified atom stereocenters. The van der Waals surface area contributed by atoms with Gasteiger partial charge >= 0.3 is 11.9 Å². The Kier molecular flexibility index (Phi) is 14.2. The number of hydrogen-bond acceptors (Lipinski definition) is 8. The van der Waals surface area contributed by atoms with Crippen molar-refractivity contribution >= 4 is 17.6 Å². The summed E-state index contributed by atoms with van der Waals surface area (Å²) >= 11 is 0. The van der Waals surface area contributed by atoms with Gasteiger partial charge < -0.3 is 30.3 Å². The van der Waals surface area contributed by atoms with Crippen LogP contribution >= 0.6 is 0 Å². The molecular weight excluding hydrogens is 542 g/mol. The predicted molar refractivity (Wildman–Crippen MR) is 159 cm³/mol. The van der Waals surface area contributed by atoms with Crippen LogP contribution in [0.4, 0.5) is 5.69 Å². The Labute approximate surface area is 246 Å². The molecule has 4 N–H and O–H groups in total. The summed E-state index contributed by atoms with van der Waals surface area (Å²) in [4.78, 5) is 34.9. The number of non-ortho nitro benzene ring substituents is 1. The predicted octanol–water partition coefficient (Wildman–Crippen LogP) is 5.38. The largest absolute Gasteiger partial charge is 0.493 e. The average molecular weight is 584 g/mol. The SMILES string of the molecule is CCCCOCCCCOc1ccc([N+](=O)[O-])cc1C1C(C(=O)O)=C(C)NC(C)=C1C(=O)O.CNCc1ccccc1. The smallest absolute Gasteiger partial charge is 0.334 e. The van der Waals surface area contributed by atoms with Crippen molar-refractivity contribution in [2.75, 3.05) is 26.9 Å². The van der Waals surface area contributed by atoms with Crippen molar-refractivity contribution in [3.05, 3.63) is 92.3 Å². The van der Waals surface area contributed by atoms with Gasteiger partial charge in [-0.05, 0) is 51.8 Å². The number of carboxylic acid groups (broad SMARTS) is 2. The molecule has 0 radical (unpaired) electrons. The summed E-state index contributed by atoms with van der Waals surface area (Å²) in [6, 6.07) is 14.2. The van der Waals surface area contributed by atoms with Crippen LogP contribution in [-0.4, -0.2) is 53.9 Å². The molecule has 0 bridgehead atoms. The first-order chi connectivity index (χ1) is 20.1. The van der Waals surface area contributed by atoms with Crippen LogP contribution in [0.5, 0.6) is 5.75 Å². The zero-order valence-electron chi connectivity index (χ0n) is 24.6. The van der Waals surface area contributed by atoms with Crippen molar-refractivity contribution in [1.29, 1.82) is 0 Å². The summed E-state index contributed by atoms with van der Waals surface area (Å²) in [6.07, 6.45) is 3.45. The molecule has 3 rings (SSSR count). The first kappa shape index (κ1) is 34.0. The van der Waals surface area contributed by atoms with E-state index in [1.807, 2.05) is 25.2 Å². The maximum atomic E-state index is 12.1. The van der Waals surface area contributed by atoms with Crippen molar-refractivity contribution < 1.29 is 34.2 Å². The molecule has 11 heteroatoms. The fraction of sp³-hybridized carbons (Fsp3) is 0.419. The van der Waals surface area contributed by atoms with Gasteiger partial charge in [-0.3, -0.25) is 10.1 Å². The Bertz CT molecular complexity index is 1240. The zero-order chi connectivity index (χ0) is 31.1. The maximum Gasteiger partial charge on any atom is 0.334 e. The highest BCUT2D eigenvalue weighted by Gasteiger charge is 2.38. The van der Waals surface area contributed by atoms with E-state index in [1.54, 1.807) is 0 Å². The third kappa shape index (κ3) is 10.0. The van der Waals surface area contributed by atoms with Gasteiger partial charge in [0.05, 0.1) is 28.6 Å². The number of carboxylic acids is 2. The summed E-state index contributed by atoms with van der Waals surface area (Å²) in [5.41, 5.74) is 1.29. The minimum atomic E-state index is -1.32. The summed E-state index contributed by atoms with van der Waals surface area (Å²) in [5.74, 6) is -3.68. The maximum absolute atomic E-state index is 12.1. The Morgan fingerprint density at radius 2 is 1.55 bits per heavy atom. The van der Waals surface area contributed by atoms with Crippen LogP contribution in [0.25, 0.3) is 0 Å². The van der Waals surface area contributed by atoms with Gasteiger partial charge in [-0.2, -0.15) is 0 Å². The quantitative estimate of drug-likeness (QED) is 0.122. The molecule has 42 heavy (non-hydrogen) atoms. The van der Waals surface area contributed by atoms with E-state index in [9.17, 15) is 29.9 Å².